The molecule has 2 rings (SSSR count). The molecule has 0 aliphatic carbocycles. The molecule has 1 aromatic carbocycles. The number of benzene rings is 1. The molecule has 112 valence electrons. The lowest BCUT2D eigenvalue weighted by atomic mass is 10.1. The molecule has 0 amide bonds. The first-order valence-electron chi connectivity index (χ1n) is 5.83. The lowest BCUT2D eigenvalue weighted by Crippen LogP contribution is -2.32. The fourth-order valence-corrected chi connectivity index (χ4v) is 2.62. The van der Waals surface area contributed by atoms with Crippen LogP contribution >= 0.6 is 0 Å². The van der Waals surface area contributed by atoms with Crippen LogP contribution in [0.4, 0.5) is 0 Å². The average Bonchev–Trinajstić information content (AvgIpc) is 2.38. The van der Waals surface area contributed by atoms with Crippen LogP contribution in [0.1, 0.15) is 5.69 Å². The Kier molecular flexibility index (Phi) is 3.81. The van der Waals surface area contributed by atoms with Crippen molar-refractivity contribution in [3.63, 3.8) is 0 Å². The molecule has 0 aliphatic heterocycles. The zero-order chi connectivity index (χ0) is 15.8. The zero-order valence-corrected chi connectivity index (χ0v) is 11.5. The topological polar surface area (TPSA) is 157 Å². The third-order valence-corrected chi connectivity index (χ3v) is 3.88. The molecule has 0 aliphatic rings. The smallest absolute Gasteiger partial charge is 0.320 e. The minimum absolute atomic E-state index is 0.0246. The van der Waals surface area contributed by atoms with Gasteiger partial charge < -0.3 is 15.9 Å². The Morgan fingerprint density at radius 1 is 1.29 bits per heavy atom. The predicted octanol–water partition coefficient (Wildman–Crippen LogP) is -0.458. The number of phenolic OH excluding ortho intramolecular Hbond substituents is 1. The van der Waals surface area contributed by atoms with Crippen molar-refractivity contribution in [2.75, 3.05) is 0 Å². The van der Waals surface area contributed by atoms with Crippen LogP contribution in [0.15, 0.2) is 29.2 Å². The number of rotatable bonds is 4. The summed E-state index contributed by atoms with van der Waals surface area (Å²) in [5, 5.41) is 23.8. The van der Waals surface area contributed by atoms with E-state index in [2.05, 4.69) is 4.98 Å². The molecule has 1 atom stereocenters. The van der Waals surface area contributed by atoms with Gasteiger partial charge in [0.2, 0.25) is 10.0 Å². The molecule has 6 N–H and O–H groups in total. The van der Waals surface area contributed by atoms with Crippen LogP contribution in [0, 0.1) is 0 Å². The molecule has 0 fully saturated rings. The van der Waals surface area contributed by atoms with Gasteiger partial charge in [-0.15, -0.1) is 0 Å². The SMILES string of the molecule is N[C@@H](Cc1ccc2c(S(N)(=O)=O)ccc(O)c2n1)C(=O)O. The van der Waals surface area contributed by atoms with E-state index in [0.29, 0.717) is 5.69 Å². The van der Waals surface area contributed by atoms with Gasteiger partial charge in [-0.1, -0.05) is 0 Å². The van der Waals surface area contributed by atoms with Crippen LogP contribution in [0.2, 0.25) is 0 Å². The number of phenols is 1. The van der Waals surface area contributed by atoms with Gasteiger partial charge in [-0.3, -0.25) is 4.79 Å². The lowest BCUT2D eigenvalue weighted by molar-refractivity contribution is -0.138. The number of pyridine rings is 1. The number of nitrogens with two attached hydrogens (primary N) is 2. The van der Waals surface area contributed by atoms with E-state index >= 15 is 0 Å². The highest BCUT2D eigenvalue weighted by Crippen LogP contribution is 2.28. The molecule has 1 aromatic heterocycles. The Bertz CT molecular complexity index is 819. The average molecular weight is 311 g/mol. The Morgan fingerprint density at radius 2 is 1.95 bits per heavy atom. The number of carbonyl (C=O) groups is 1. The summed E-state index contributed by atoms with van der Waals surface area (Å²) in [6.07, 6.45) is -0.0513. The van der Waals surface area contributed by atoms with Crippen LogP contribution in [0.3, 0.4) is 0 Å². The summed E-state index contributed by atoms with van der Waals surface area (Å²) >= 11 is 0. The van der Waals surface area contributed by atoms with E-state index in [0.717, 1.165) is 6.07 Å². The summed E-state index contributed by atoms with van der Waals surface area (Å²) < 4.78 is 23.0. The highest BCUT2D eigenvalue weighted by Gasteiger charge is 2.18. The fourth-order valence-electron chi connectivity index (χ4n) is 1.89. The zero-order valence-electron chi connectivity index (χ0n) is 10.7. The molecular weight excluding hydrogens is 298 g/mol. The van der Waals surface area contributed by atoms with Crippen LogP contribution in [-0.2, 0) is 21.2 Å². The number of aliphatic carboxylic acids is 1. The van der Waals surface area contributed by atoms with E-state index in [1.54, 1.807) is 0 Å². The van der Waals surface area contributed by atoms with Gasteiger partial charge in [-0.05, 0) is 24.3 Å². The van der Waals surface area contributed by atoms with Gasteiger partial charge in [-0.25, -0.2) is 18.5 Å². The second-order valence-electron chi connectivity index (χ2n) is 4.48. The molecule has 1 heterocycles. The third kappa shape index (κ3) is 3.10. The van der Waals surface area contributed by atoms with Gasteiger partial charge >= 0.3 is 5.97 Å². The molecule has 9 heteroatoms. The van der Waals surface area contributed by atoms with Crippen molar-refractivity contribution < 1.29 is 23.4 Å². The number of aromatic nitrogens is 1. The maximum atomic E-state index is 11.5. The quantitative estimate of drug-likeness (QED) is 0.595. The standard InChI is InChI=1S/C12H13N3O5S/c13-8(12(17)18)5-6-1-2-7-10(21(14,19)20)4-3-9(16)11(7)15-6/h1-4,8,16H,5,13H2,(H,17,18)(H2,14,19,20)/t8-/m0/s1. The van der Waals surface area contributed by atoms with Crippen molar-refractivity contribution in [3.05, 3.63) is 30.0 Å². The minimum atomic E-state index is -3.97. The molecule has 0 unspecified atom stereocenters. The Balaban J connectivity index is 2.59. The number of hydrogen-bond acceptors (Lipinski definition) is 6. The third-order valence-electron chi connectivity index (χ3n) is 2.91. The van der Waals surface area contributed by atoms with Gasteiger partial charge in [0.1, 0.15) is 17.3 Å². The van der Waals surface area contributed by atoms with E-state index in [1.165, 1.54) is 18.2 Å². The Labute approximate surface area is 120 Å². The molecule has 2 aromatic rings. The summed E-state index contributed by atoms with van der Waals surface area (Å²) in [5.41, 5.74) is 5.76. The summed E-state index contributed by atoms with van der Waals surface area (Å²) in [7, 11) is -3.97. The number of nitrogens with zero attached hydrogens (tertiary/aromatic N) is 1. The van der Waals surface area contributed by atoms with Gasteiger partial charge in [0.15, 0.2) is 0 Å². The lowest BCUT2D eigenvalue weighted by Gasteiger charge is -2.09. The minimum Gasteiger partial charge on any atom is -0.506 e. The summed E-state index contributed by atoms with van der Waals surface area (Å²) in [4.78, 5) is 14.6. The van der Waals surface area contributed by atoms with Crippen molar-refractivity contribution in [2.45, 2.75) is 17.4 Å². The highest BCUT2D eigenvalue weighted by molar-refractivity contribution is 7.89. The maximum Gasteiger partial charge on any atom is 0.320 e. The number of aromatic hydroxyl groups is 1. The van der Waals surface area contributed by atoms with Gasteiger partial charge in [0, 0.05) is 17.5 Å². The number of carboxylic acids is 1. The first kappa shape index (κ1) is 15.2. The molecule has 8 nitrogen and oxygen atoms in total. The fraction of sp³-hybridized carbons (Fsp3) is 0.167. The normalized spacial score (nSPS) is 13.2. The van der Waals surface area contributed by atoms with E-state index < -0.39 is 22.0 Å². The van der Waals surface area contributed by atoms with Crippen LogP contribution in [0.5, 0.6) is 5.75 Å². The van der Waals surface area contributed by atoms with Crippen molar-refractivity contribution in [1.29, 1.82) is 0 Å². The van der Waals surface area contributed by atoms with Gasteiger partial charge in [-0.2, -0.15) is 0 Å². The first-order chi connectivity index (χ1) is 9.70. The largest absolute Gasteiger partial charge is 0.506 e. The molecule has 21 heavy (non-hydrogen) atoms. The van der Waals surface area contributed by atoms with Crippen LogP contribution in [0.25, 0.3) is 10.9 Å². The first-order valence-corrected chi connectivity index (χ1v) is 7.37. The van der Waals surface area contributed by atoms with E-state index in [1.807, 2.05) is 0 Å². The molecular formula is C12H13N3O5S. The number of fused-ring (bicyclic) bond motifs is 1. The summed E-state index contributed by atoms with van der Waals surface area (Å²) in [6.45, 7) is 0. The molecule has 0 saturated carbocycles. The maximum absolute atomic E-state index is 11.5. The van der Waals surface area contributed by atoms with Crippen molar-refractivity contribution in [2.24, 2.45) is 10.9 Å². The Hall–Kier alpha value is -2.23. The van der Waals surface area contributed by atoms with Crippen molar-refractivity contribution in [3.8, 4) is 5.75 Å². The Morgan fingerprint density at radius 3 is 2.52 bits per heavy atom. The second-order valence-corrected chi connectivity index (χ2v) is 6.01. The van der Waals surface area contributed by atoms with Crippen molar-refractivity contribution in [1.82, 2.24) is 4.98 Å². The number of primary sulfonamides is 1. The van der Waals surface area contributed by atoms with Crippen LogP contribution in [-0.4, -0.2) is 35.6 Å². The molecule has 0 bridgehead atoms. The predicted molar refractivity (Wildman–Crippen MR) is 74.1 cm³/mol. The molecule has 0 radical (unpaired) electrons. The number of hydrogen-bond donors (Lipinski definition) is 4. The van der Waals surface area contributed by atoms with E-state index in [-0.39, 0.29) is 28.0 Å². The second kappa shape index (κ2) is 5.28. The van der Waals surface area contributed by atoms with E-state index in [4.69, 9.17) is 16.0 Å². The summed E-state index contributed by atoms with van der Waals surface area (Å²) in [5.74, 6) is -1.41. The highest BCUT2D eigenvalue weighted by atomic mass is 32.2. The van der Waals surface area contributed by atoms with E-state index in [9.17, 15) is 18.3 Å². The number of carboxylic acid groups (broad SMARTS) is 1. The molecule has 0 saturated heterocycles. The van der Waals surface area contributed by atoms with Crippen LogP contribution < -0.4 is 10.9 Å². The van der Waals surface area contributed by atoms with Crippen molar-refractivity contribution >= 4 is 26.9 Å². The molecule has 0 spiro atoms. The monoisotopic (exact) mass is 311 g/mol. The van der Waals surface area contributed by atoms with Gasteiger partial charge in [0.25, 0.3) is 0 Å². The summed E-state index contributed by atoms with van der Waals surface area (Å²) in [6, 6.07) is 4.05. The number of sulfonamides is 1. The van der Waals surface area contributed by atoms with Gasteiger partial charge in [0.05, 0.1) is 4.90 Å².